The van der Waals surface area contributed by atoms with Crippen molar-refractivity contribution in [3.8, 4) is 0 Å². The van der Waals surface area contributed by atoms with Crippen LogP contribution in [0.5, 0.6) is 0 Å². The molecule has 1 aromatic rings. The molecule has 0 spiro atoms. The summed E-state index contributed by atoms with van der Waals surface area (Å²) in [4.78, 5) is 23.0. The van der Waals surface area contributed by atoms with E-state index < -0.39 is 23.5 Å². The molecule has 7 heteroatoms. The summed E-state index contributed by atoms with van der Waals surface area (Å²) in [6, 6.07) is 4.04. The molecule has 1 N–H and O–H groups in total. The highest BCUT2D eigenvalue weighted by atomic mass is 79.9. The van der Waals surface area contributed by atoms with Crippen molar-refractivity contribution in [2.45, 2.75) is 26.4 Å². The molecule has 0 heterocycles. The van der Waals surface area contributed by atoms with E-state index in [1.165, 1.54) is 12.1 Å². The highest BCUT2D eigenvalue weighted by molar-refractivity contribution is 9.10. The van der Waals surface area contributed by atoms with Crippen molar-refractivity contribution >= 4 is 28.0 Å². The van der Waals surface area contributed by atoms with Gasteiger partial charge in [0.1, 0.15) is 18.0 Å². The van der Waals surface area contributed by atoms with Gasteiger partial charge in [-0.05, 0) is 39.0 Å². The number of benzene rings is 1. The number of hydrogen-bond acceptors (Lipinski definition) is 4. The molecule has 21 heavy (non-hydrogen) atoms. The molecule has 0 aliphatic heterocycles. The highest BCUT2D eigenvalue weighted by Crippen LogP contribution is 2.15. The zero-order valence-electron chi connectivity index (χ0n) is 12.0. The normalized spacial score (nSPS) is 10.9. The van der Waals surface area contributed by atoms with Crippen molar-refractivity contribution in [3.05, 3.63) is 34.1 Å². The highest BCUT2D eigenvalue weighted by Gasteiger charge is 2.16. The number of carbonyl (C=O) groups excluding carboxylic acids is 2. The van der Waals surface area contributed by atoms with Gasteiger partial charge >= 0.3 is 12.1 Å². The molecule has 0 bridgehead atoms. The molecule has 1 rings (SSSR count). The van der Waals surface area contributed by atoms with E-state index in [1.807, 2.05) is 0 Å². The molecule has 0 saturated carbocycles. The van der Waals surface area contributed by atoms with Crippen LogP contribution in [0.3, 0.4) is 0 Å². The first kappa shape index (κ1) is 17.4. The fraction of sp³-hybridized carbons (Fsp3) is 0.429. The van der Waals surface area contributed by atoms with Crippen molar-refractivity contribution in [3.63, 3.8) is 0 Å². The van der Waals surface area contributed by atoms with Gasteiger partial charge in [-0.1, -0.05) is 15.9 Å². The van der Waals surface area contributed by atoms with E-state index in [4.69, 9.17) is 9.47 Å². The van der Waals surface area contributed by atoms with Gasteiger partial charge in [0.15, 0.2) is 0 Å². The van der Waals surface area contributed by atoms with Crippen molar-refractivity contribution < 1.29 is 23.5 Å². The van der Waals surface area contributed by atoms with Crippen LogP contribution < -0.4 is 5.32 Å². The molecule has 116 valence electrons. The lowest BCUT2D eigenvalue weighted by molar-refractivity contribution is 0.0430. The molecule has 0 aromatic heterocycles. The zero-order valence-corrected chi connectivity index (χ0v) is 13.6. The number of hydrogen-bond donors (Lipinski definition) is 1. The van der Waals surface area contributed by atoms with Crippen LogP contribution in [0.2, 0.25) is 0 Å². The Balaban J connectivity index is 2.36. The number of ether oxygens (including phenoxy) is 2. The SMILES string of the molecule is CC(C)(C)OC(=O)NCCOC(=O)c1ccc(Br)cc1F. The third-order valence-electron chi connectivity index (χ3n) is 2.15. The van der Waals surface area contributed by atoms with E-state index in [-0.39, 0.29) is 18.7 Å². The molecule has 0 aliphatic rings. The number of esters is 1. The number of amides is 1. The van der Waals surface area contributed by atoms with Crippen LogP contribution in [0, 0.1) is 5.82 Å². The van der Waals surface area contributed by atoms with E-state index in [1.54, 1.807) is 26.8 Å². The minimum Gasteiger partial charge on any atom is -0.460 e. The van der Waals surface area contributed by atoms with Gasteiger partial charge < -0.3 is 14.8 Å². The lowest BCUT2D eigenvalue weighted by Crippen LogP contribution is -2.34. The fourth-order valence-electron chi connectivity index (χ4n) is 1.34. The molecule has 5 nitrogen and oxygen atoms in total. The first-order valence-corrected chi connectivity index (χ1v) is 7.07. The fourth-order valence-corrected chi connectivity index (χ4v) is 1.68. The second-order valence-electron chi connectivity index (χ2n) is 5.19. The first-order valence-electron chi connectivity index (χ1n) is 6.28. The molecule has 0 saturated heterocycles. The number of carbonyl (C=O) groups is 2. The Hall–Kier alpha value is -1.63. The van der Waals surface area contributed by atoms with Gasteiger partial charge in [-0.3, -0.25) is 0 Å². The van der Waals surface area contributed by atoms with E-state index in [9.17, 15) is 14.0 Å². The van der Waals surface area contributed by atoms with Gasteiger partial charge in [-0.2, -0.15) is 0 Å². The minimum absolute atomic E-state index is 0.0758. The molecule has 0 aliphatic carbocycles. The third kappa shape index (κ3) is 6.57. The Morgan fingerprint density at radius 1 is 1.33 bits per heavy atom. The van der Waals surface area contributed by atoms with Gasteiger partial charge in [-0.15, -0.1) is 0 Å². The number of nitrogens with one attached hydrogen (secondary N) is 1. The maximum atomic E-state index is 13.5. The maximum Gasteiger partial charge on any atom is 0.407 e. The maximum absolute atomic E-state index is 13.5. The summed E-state index contributed by atoms with van der Waals surface area (Å²) < 4.78 is 23.9. The summed E-state index contributed by atoms with van der Waals surface area (Å²) in [6.07, 6.45) is -0.603. The summed E-state index contributed by atoms with van der Waals surface area (Å²) in [7, 11) is 0. The van der Waals surface area contributed by atoms with Crippen LogP contribution in [-0.2, 0) is 9.47 Å². The topological polar surface area (TPSA) is 64.6 Å². The summed E-state index contributed by atoms with van der Waals surface area (Å²) >= 11 is 3.10. The monoisotopic (exact) mass is 361 g/mol. The molecule has 1 amide bonds. The Labute approximate surface area is 130 Å². The van der Waals surface area contributed by atoms with Crippen LogP contribution in [0.4, 0.5) is 9.18 Å². The number of alkyl carbamates (subject to hydrolysis) is 1. The Morgan fingerprint density at radius 3 is 2.57 bits per heavy atom. The van der Waals surface area contributed by atoms with Crippen LogP contribution in [0.15, 0.2) is 22.7 Å². The van der Waals surface area contributed by atoms with Crippen LogP contribution in [0.25, 0.3) is 0 Å². The minimum atomic E-state index is -0.786. The molecular formula is C14H17BrFNO4. The molecule has 0 fully saturated rings. The van der Waals surface area contributed by atoms with E-state index >= 15 is 0 Å². The van der Waals surface area contributed by atoms with Gasteiger partial charge in [0.2, 0.25) is 0 Å². The summed E-state index contributed by atoms with van der Waals surface area (Å²) in [6.45, 7) is 5.22. The first-order chi connectivity index (χ1) is 9.69. The van der Waals surface area contributed by atoms with Gasteiger partial charge in [0.25, 0.3) is 0 Å². The number of rotatable bonds is 4. The van der Waals surface area contributed by atoms with E-state index in [2.05, 4.69) is 21.2 Å². The Bertz CT molecular complexity index is 528. The van der Waals surface area contributed by atoms with Crippen LogP contribution in [-0.4, -0.2) is 30.8 Å². The van der Waals surface area contributed by atoms with Crippen LogP contribution in [0.1, 0.15) is 31.1 Å². The van der Waals surface area contributed by atoms with Crippen LogP contribution >= 0.6 is 15.9 Å². The van der Waals surface area contributed by atoms with Gasteiger partial charge in [-0.25, -0.2) is 14.0 Å². The Morgan fingerprint density at radius 2 is 2.00 bits per heavy atom. The van der Waals surface area contributed by atoms with Gasteiger partial charge in [0.05, 0.1) is 12.1 Å². The molecule has 1 aromatic carbocycles. The standard InChI is InChI=1S/C14H17BrFNO4/c1-14(2,3)21-13(19)17-6-7-20-12(18)10-5-4-9(15)8-11(10)16/h4-5,8H,6-7H2,1-3H3,(H,17,19). The average Bonchev–Trinajstić information content (AvgIpc) is 2.32. The zero-order chi connectivity index (χ0) is 16.0. The second kappa shape index (κ2) is 7.40. The van der Waals surface area contributed by atoms with E-state index in [0.717, 1.165) is 0 Å². The predicted octanol–water partition coefficient (Wildman–Crippen LogP) is 3.27. The second-order valence-corrected chi connectivity index (χ2v) is 6.10. The lowest BCUT2D eigenvalue weighted by Gasteiger charge is -2.19. The third-order valence-corrected chi connectivity index (χ3v) is 2.65. The van der Waals surface area contributed by atoms with Gasteiger partial charge in [0, 0.05) is 4.47 Å². The average molecular weight is 362 g/mol. The molecular weight excluding hydrogens is 345 g/mol. The molecule has 0 unspecified atom stereocenters. The van der Waals surface area contributed by atoms with Crippen molar-refractivity contribution in [2.75, 3.05) is 13.2 Å². The van der Waals surface area contributed by atoms with Crippen molar-refractivity contribution in [2.24, 2.45) is 0 Å². The number of halogens is 2. The molecule has 0 atom stereocenters. The Kier molecular flexibility index (Phi) is 6.14. The predicted molar refractivity (Wildman–Crippen MR) is 78.6 cm³/mol. The summed E-state index contributed by atoms with van der Waals surface area (Å²) in [5.41, 5.74) is -0.753. The smallest absolute Gasteiger partial charge is 0.407 e. The van der Waals surface area contributed by atoms with Crippen molar-refractivity contribution in [1.82, 2.24) is 5.32 Å². The van der Waals surface area contributed by atoms with E-state index in [0.29, 0.717) is 4.47 Å². The lowest BCUT2D eigenvalue weighted by atomic mass is 10.2. The largest absolute Gasteiger partial charge is 0.460 e. The summed E-state index contributed by atoms with van der Waals surface area (Å²) in [5, 5.41) is 2.43. The molecule has 0 radical (unpaired) electrons. The quantitative estimate of drug-likeness (QED) is 0.660. The summed E-state index contributed by atoms with van der Waals surface area (Å²) in [5.74, 6) is -1.46. The van der Waals surface area contributed by atoms with Crippen molar-refractivity contribution in [1.29, 1.82) is 0 Å².